The Labute approximate surface area is 127 Å². The third kappa shape index (κ3) is 4.36. The fraction of sp³-hybridized carbons (Fsp3) is 0.562. The molecule has 0 bridgehead atoms. The van der Waals surface area contributed by atoms with Crippen LogP contribution in [0.15, 0.2) is 24.3 Å². The van der Waals surface area contributed by atoms with Gasteiger partial charge < -0.3 is 20.9 Å². The number of amides is 1. The minimum atomic E-state index is 0.0753. The smallest absolute Gasteiger partial charge is 0.221 e. The molecule has 0 unspecified atom stereocenters. The van der Waals surface area contributed by atoms with Crippen molar-refractivity contribution in [3.8, 4) is 0 Å². The zero-order chi connectivity index (χ0) is 15.2. The second kappa shape index (κ2) is 7.31. The minimum absolute atomic E-state index is 0.0753. The third-order valence-electron chi connectivity index (χ3n) is 3.96. The molecule has 1 aromatic rings. The number of piperidine rings is 1. The van der Waals surface area contributed by atoms with Crippen LogP contribution >= 0.6 is 0 Å². The zero-order valence-corrected chi connectivity index (χ0v) is 13.0. The Kier molecular flexibility index (Phi) is 5.44. The quantitative estimate of drug-likeness (QED) is 0.855. The molecule has 1 aromatic carbocycles. The van der Waals surface area contributed by atoms with E-state index in [-0.39, 0.29) is 5.91 Å². The molecule has 0 aromatic heterocycles. The van der Waals surface area contributed by atoms with Gasteiger partial charge in [0.2, 0.25) is 5.91 Å². The number of nitrogens with zero attached hydrogens (tertiary/aromatic N) is 2. The highest BCUT2D eigenvalue weighted by Crippen LogP contribution is 2.22. The fourth-order valence-electron chi connectivity index (χ4n) is 2.67. The Hall–Kier alpha value is -1.75. The van der Waals surface area contributed by atoms with Gasteiger partial charge in [0.1, 0.15) is 0 Å². The second-order valence-corrected chi connectivity index (χ2v) is 5.78. The molecule has 5 nitrogen and oxygen atoms in total. The first-order valence-electron chi connectivity index (χ1n) is 7.62. The largest absolute Gasteiger partial charge is 0.378 e. The van der Waals surface area contributed by atoms with Gasteiger partial charge in [-0.3, -0.25) is 4.79 Å². The summed E-state index contributed by atoms with van der Waals surface area (Å²) in [6.07, 6.45) is 2.41. The lowest BCUT2D eigenvalue weighted by Crippen LogP contribution is -2.45. The summed E-state index contributed by atoms with van der Waals surface area (Å²) in [7, 11) is 4.09. The first kappa shape index (κ1) is 15.6. The van der Waals surface area contributed by atoms with Crippen LogP contribution in [0, 0.1) is 0 Å². The van der Waals surface area contributed by atoms with E-state index < -0.39 is 0 Å². The number of carbonyl (C=O) groups is 1. The van der Waals surface area contributed by atoms with Gasteiger partial charge in [-0.2, -0.15) is 0 Å². The van der Waals surface area contributed by atoms with Crippen LogP contribution in [0.4, 0.5) is 11.4 Å². The van der Waals surface area contributed by atoms with E-state index in [2.05, 4.69) is 39.4 Å². The second-order valence-electron chi connectivity index (χ2n) is 5.78. The molecule has 3 N–H and O–H groups in total. The van der Waals surface area contributed by atoms with Crippen molar-refractivity contribution >= 4 is 17.3 Å². The topological polar surface area (TPSA) is 61.6 Å². The molecule has 0 spiro atoms. The van der Waals surface area contributed by atoms with Crippen LogP contribution in [-0.4, -0.2) is 45.7 Å². The highest BCUT2D eigenvalue weighted by molar-refractivity contribution is 5.76. The Morgan fingerprint density at radius 3 is 2.43 bits per heavy atom. The molecule has 0 aliphatic carbocycles. The Balaban J connectivity index is 1.84. The molecule has 21 heavy (non-hydrogen) atoms. The number of hydrogen-bond acceptors (Lipinski definition) is 4. The van der Waals surface area contributed by atoms with Crippen LogP contribution in [0.1, 0.15) is 19.3 Å². The zero-order valence-electron chi connectivity index (χ0n) is 13.0. The molecule has 1 aliphatic heterocycles. The lowest BCUT2D eigenvalue weighted by molar-refractivity contribution is -0.121. The summed E-state index contributed by atoms with van der Waals surface area (Å²) < 4.78 is 0. The molecule has 2 rings (SSSR count). The van der Waals surface area contributed by atoms with E-state index in [0.29, 0.717) is 19.0 Å². The van der Waals surface area contributed by atoms with Gasteiger partial charge in [0.25, 0.3) is 0 Å². The molecule has 0 radical (unpaired) electrons. The molecule has 1 saturated heterocycles. The lowest BCUT2D eigenvalue weighted by atomic mass is 10.0. The van der Waals surface area contributed by atoms with Crippen molar-refractivity contribution in [3.05, 3.63) is 24.3 Å². The summed E-state index contributed by atoms with van der Waals surface area (Å²) in [6, 6.07) is 8.92. The van der Waals surface area contributed by atoms with E-state index in [4.69, 9.17) is 5.73 Å². The molecular weight excluding hydrogens is 264 g/mol. The number of carbonyl (C=O) groups excluding carboxylic acids is 1. The van der Waals surface area contributed by atoms with E-state index in [9.17, 15) is 4.79 Å². The summed E-state index contributed by atoms with van der Waals surface area (Å²) in [5.41, 5.74) is 7.86. The van der Waals surface area contributed by atoms with Crippen molar-refractivity contribution in [2.24, 2.45) is 5.73 Å². The maximum absolute atomic E-state index is 11.6. The highest BCUT2D eigenvalue weighted by Gasteiger charge is 2.20. The summed E-state index contributed by atoms with van der Waals surface area (Å²) >= 11 is 0. The molecule has 1 fully saturated rings. The Morgan fingerprint density at radius 2 is 1.90 bits per heavy atom. The number of nitrogens with two attached hydrogens (primary N) is 1. The molecule has 5 heteroatoms. The first-order valence-corrected chi connectivity index (χ1v) is 7.62. The standard InChI is InChI=1S/C16H26N4O/c1-19(2)14-3-5-15(6-4-14)20-11-8-13(9-12-20)18-16(21)7-10-17/h3-6,13H,7-12,17H2,1-2H3,(H,18,21). The van der Waals surface area contributed by atoms with E-state index in [1.807, 2.05) is 14.1 Å². The van der Waals surface area contributed by atoms with E-state index in [1.165, 1.54) is 11.4 Å². The van der Waals surface area contributed by atoms with Crippen LogP contribution in [-0.2, 0) is 4.79 Å². The monoisotopic (exact) mass is 290 g/mol. The molecule has 1 aliphatic rings. The molecule has 0 saturated carbocycles. The predicted molar refractivity (Wildman–Crippen MR) is 87.8 cm³/mol. The van der Waals surface area contributed by atoms with Crippen LogP contribution in [0.5, 0.6) is 0 Å². The van der Waals surface area contributed by atoms with E-state index in [0.717, 1.165) is 25.9 Å². The Bertz CT molecular complexity index is 450. The summed E-state index contributed by atoms with van der Waals surface area (Å²) in [6.45, 7) is 2.38. The lowest BCUT2D eigenvalue weighted by Gasteiger charge is -2.34. The maximum atomic E-state index is 11.6. The van der Waals surface area contributed by atoms with Gasteiger partial charge >= 0.3 is 0 Å². The van der Waals surface area contributed by atoms with Crippen LogP contribution in [0.2, 0.25) is 0 Å². The fourth-order valence-corrected chi connectivity index (χ4v) is 2.67. The highest BCUT2D eigenvalue weighted by atomic mass is 16.1. The first-order chi connectivity index (χ1) is 10.1. The summed E-state index contributed by atoms with van der Waals surface area (Å²) in [4.78, 5) is 16.0. The van der Waals surface area contributed by atoms with Crippen LogP contribution in [0.25, 0.3) is 0 Å². The summed E-state index contributed by atoms with van der Waals surface area (Å²) in [5.74, 6) is 0.0753. The molecular formula is C16H26N4O. The number of nitrogens with one attached hydrogen (secondary N) is 1. The van der Waals surface area contributed by atoms with Gasteiger partial charge in [0.05, 0.1) is 0 Å². The molecule has 0 atom stereocenters. The Morgan fingerprint density at radius 1 is 1.29 bits per heavy atom. The SMILES string of the molecule is CN(C)c1ccc(N2CCC(NC(=O)CCN)CC2)cc1. The third-order valence-corrected chi connectivity index (χ3v) is 3.96. The van der Waals surface area contributed by atoms with Crippen molar-refractivity contribution in [2.75, 3.05) is 43.5 Å². The molecule has 1 heterocycles. The summed E-state index contributed by atoms with van der Waals surface area (Å²) in [5, 5.41) is 3.06. The van der Waals surface area contributed by atoms with Crippen LogP contribution in [0.3, 0.4) is 0 Å². The number of hydrogen-bond donors (Lipinski definition) is 2. The average molecular weight is 290 g/mol. The normalized spacial score (nSPS) is 15.9. The van der Waals surface area contributed by atoms with E-state index in [1.54, 1.807) is 0 Å². The van der Waals surface area contributed by atoms with Gasteiger partial charge in [-0.25, -0.2) is 0 Å². The van der Waals surface area contributed by atoms with Crippen molar-refractivity contribution in [2.45, 2.75) is 25.3 Å². The van der Waals surface area contributed by atoms with Crippen molar-refractivity contribution in [1.29, 1.82) is 0 Å². The number of anilines is 2. The van der Waals surface area contributed by atoms with Gasteiger partial charge in [0, 0.05) is 57.6 Å². The van der Waals surface area contributed by atoms with Crippen molar-refractivity contribution < 1.29 is 4.79 Å². The van der Waals surface area contributed by atoms with Crippen LogP contribution < -0.4 is 20.9 Å². The maximum Gasteiger partial charge on any atom is 0.221 e. The number of benzene rings is 1. The number of rotatable bonds is 5. The van der Waals surface area contributed by atoms with Gasteiger partial charge in [-0.05, 0) is 37.1 Å². The van der Waals surface area contributed by atoms with Gasteiger partial charge in [0.15, 0.2) is 0 Å². The van der Waals surface area contributed by atoms with Crippen molar-refractivity contribution in [3.63, 3.8) is 0 Å². The van der Waals surface area contributed by atoms with E-state index >= 15 is 0 Å². The van der Waals surface area contributed by atoms with Gasteiger partial charge in [-0.15, -0.1) is 0 Å². The molecule has 1 amide bonds. The molecule has 116 valence electrons. The predicted octanol–water partition coefficient (Wildman–Crippen LogP) is 1.19. The van der Waals surface area contributed by atoms with Gasteiger partial charge in [-0.1, -0.05) is 0 Å². The average Bonchev–Trinajstić information content (AvgIpc) is 2.48. The van der Waals surface area contributed by atoms with Crippen molar-refractivity contribution in [1.82, 2.24) is 5.32 Å². The minimum Gasteiger partial charge on any atom is -0.378 e.